The average molecular weight is 335 g/mol. The molecule has 0 saturated heterocycles. The first-order chi connectivity index (χ1) is 11.7. The maximum Gasteiger partial charge on any atom is 0.273 e. The number of unbranched alkanes of at least 4 members (excludes halogenated alkanes) is 7. The van der Waals surface area contributed by atoms with E-state index in [1.165, 1.54) is 50.7 Å². The van der Waals surface area contributed by atoms with E-state index in [2.05, 4.69) is 13.5 Å². The van der Waals surface area contributed by atoms with Gasteiger partial charge in [0.05, 0.1) is 17.6 Å². The van der Waals surface area contributed by atoms with E-state index in [4.69, 9.17) is 9.47 Å². The molecular weight excluding hydrogens is 306 g/mol. The highest BCUT2D eigenvalue weighted by Gasteiger charge is 2.12. The van der Waals surface area contributed by atoms with Gasteiger partial charge in [-0.1, -0.05) is 64.5 Å². The lowest BCUT2D eigenvalue weighted by Crippen LogP contribution is -2.02. The van der Waals surface area contributed by atoms with E-state index in [1.54, 1.807) is 12.1 Å². The summed E-state index contributed by atoms with van der Waals surface area (Å²) >= 11 is 0. The van der Waals surface area contributed by atoms with Crippen LogP contribution in [0.1, 0.15) is 58.3 Å². The minimum atomic E-state index is -0.441. The Kier molecular flexibility index (Phi) is 10.3. The number of benzene rings is 1. The Balaban J connectivity index is 2.35. The van der Waals surface area contributed by atoms with Crippen LogP contribution in [0.5, 0.6) is 11.5 Å². The fourth-order valence-corrected chi connectivity index (χ4v) is 2.41. The topological polar surface area (TPSA) is 61.6 Å². The van der Waals surface area contributed by atoms with Gasteiger partial charge in [-0.2, -0.15) is 0 Å². The van der Waals surface area contributed by atoms with E-state index in [0.29, 0.717) is 18.1 Å². The summed E-state index contributed by atoms with van der Waals surface area (Å²) in [4.78, 5) is 10.4. The summed E-state index contributed by atoms with van der Waals surface area (Å²) in [5.74, 6) is 0.939. The summed E-state index contributed by atoms with van der Waals surface area (Å²) in [6.07, 6.45) is 11.5. The molecule has 0 aromatic heterocycles. The SMILES string of the molecule is C=CCOc1cc([N+](=O)[O-])ccc1OCCCCCCCCCC. The van der Waals surface area contributed by atoms with E-state index in [0.717, 1.165) is 12.8 Å². The van der Waals surface area contributed by atoms with Gasteiger partial charge in [-0.15, -0.1) is 0 Å². The lowest BCUT2D eigenvalue weighted by atomic mass is 10.1. The van der Waals surface area contributed by atoms with Gasteiger partial charge in [0.2, 0.25) is 0 Å². The molecule has 0 heterocycles. The molecule has 134 valence electrons. The smallest absolute Gasteiger partial charge is 0.273 e. The fraction of sp³-hybridized carbons (Fsp3) is 0.579. The molecular formula is C19H29NO4. The van der Waals surface area contributed by atoms with Crippen LogP contribution >= 0.6 is 0 Å². The molecule has 0 unspecified atom stereocenters. The minimum Gasteiger partial charge on any atom is -0.490 e. The molecule has 0 radical (unpaired) electrons. The van der Waals surface area contributed by atoms with Gasteiger partial charge in [-0.25, -0.2) is 0 Å². The number of nitro groups is 1. The minimum absolute atomic E-state index is 0.00603. The van der Waals surface area contributed by atoms with E-state index >= 15 is 0 Å². The third kappa shape index (κ3) is 7.99. The second-order valence-electron chi connectivity index (χ2n) is 5.81. The van der Waals surface area contributed by atoms with Crippen molar-refractivity contribution in [3.63, 3.8) is 0 Å². The molecule has 1 aromatic carbocycles. The van der Waals surface area contributed by atoms with E-state index in [9.17, 15) is 10.1 Å². The fourth-order valence-electron chi connectivity index (χ4n) is 2.41. The third-order valence-electron chi connectivity index (χ3n) is 3.75. The van der Waals surface area contributed by atoms with Gasteiger partial charge in [-0.05, 0) is 12.5 Å². The molecule has 0 atom stereocenters. The predicted molar refractivity (Wildman–Crippen MR) is 96.9 cm³/mol. The molecule has 5 nitrogen and oxygen atoms in total. The molecule has 0 amide bonds. The molecule has 1 rings (SSSR count). The van der Waals surface area contributed by atoms with Crippen molar-refractivity contribution in [2.45, 2.75) is 58.3 Å². The van der Waals surface area contributed by atoms with Gasteiger partial charge in [0.15, 0.2) is 11.5 Å². The lowest BCUT2D eigenvalue weighted by Gasteiger charge is -2.11. The number of non-ortho nitro benzene ring substituents is 1. The van der Waals surface area contributed by atoms with Crippen molar-refractivity contribution in [2.75, 3.05) is 13.2 Å². The van der Waals surface area contributed by atoms with Crippen LogP contribution in [0, 0.1) is 10.1 Å². The largest absolute Gasteiger partial charge is 0.490 e. The standard InChI is InChI=1S/C19H29NO4/c1-3-5-6-7-8-9-10-11-15-24-18-13-12-17(20(21)22)16-19(18)23-14-4-2/h4,12-13,16H,2-3,5-11,14-15H2,1H3. The van der Waals surface area contributed by atoms with Crippen molar-refractivity contribution in [2.24, 2.45) is 0 Å². The number of nitrogens with zero attached hydrogens (tertiary/aromatic N) is 1. The number of hydrogen-bond acceptors (Lipinski definition) is 4. The Morgan fingerprint density at radius 2 is 1.71 bits per heavy atom. The molecule has 0 bridgehead atoms. The van der Waals surface area contributed by atoms with Gasteiger partial charge < -0.3 is 9.47 Å². The van der Waals surface area contributed by atoms with E-state index < -0.39 is 4.92 Å². The number of rotatable bonds is 14. The molecule has 0 aliphatic heterocycles. The van der Waals surface area contributed by atoms with Gasteiger partial charge in [0.25, 0.3) is 5.69 Å². The van der Waals surface area contributed by atoms with Crippen LogP contribution in [-0.4, -0.2) is 18.1 Å². The second-order valence-corrected chi connectivity index (χ2v) is 5.81. The summed E-state index contributed by atoms with van der Waals surface area (Å²) in [6, 6.07) is 4.43. The van der Waals surface area contributed by atoms with Crippen molar-refractivity contribution in [3.05, 3.63) is 41.0 Å². The molecule has 0 spiro atoms. The molecule has 0 saturated carbocycles. The molecule has 0 aliphatic rings. The molecule has 1 aromatic rings. The number of ether oxygens (including phenoxy) is 2. The number of nitro benzene ring substituents is 1. The van der Waals surface area contributed by atoms with Gasteiger partial charge >= 0.3 is 0 Å². The first-order valence-corrected chi connectivity index (χ1v) is 8.84. The Morgan fingerprint density at radius 1 is 1.04 bits per heavy atom. The van der Waals surface area contributed by atoms with Crippen LogP contribution < -0.4 is 9.47 Å². The van der Waals surface area contributed by atoms with Gasteiger partial charge in [0.1, 0.15) is 6.61 Å². The highest BCUT2D eigenvalue weighted by atomic mass is 16.6. The average Bonchev–Trinajstić information content (AvgIpc) is 2.58. The van der Waals surface area contributed by atoms with Gasteiger partial charge in [0, 0.05) is 6.07 Å². The van der Waals surface area contributed by atoms with Crippen LogP contribution in [0.4, 0.5) is 5.69 Å². The predicted octanol–water partition coefficient (Wildman–Crippen LogP) is 5.68. The van der Waals surface area contributed by atoms with Crippen LogP contribution in [0.15, 0.2) is 30.9 Å². The van der Waals surface area contributed by atoms with Crippen molar-refractivity contribution >= 4 is 5.69 Å². The zero-order valence-electron chi connectivity index (χ0n) is 14.7. The van der Waals surface area contributed by atoms with Crippen LogP contribution in [-0.2, 0) is 0 Å². The maximum absolute atomic E-state index is 10.9. The van der Waals surface area contributed by atoms with E-state index in [-0.39, 0.29) is 12.3 Å². The van der Waals surface area contributed by atoms with Crippen molar-refractivity contribution in [1.29, 1.82) is 0 Å². The summed E-state index contributed by atoms with van der Waals surface area (Å²) in [5, 5.41) is 10.9. The van der Waals surface area contributed by atoms with Crippen molar-refractivity contribution in [1.82, 2.24) is 0 Å². The maximum atomic E-state index is 10.9. The monoisotopic (exact) mass is 335 g/mol. The summed E-state index contributed by atoms with van der Waals surface area (Å²) in [5.41, 5.74) is -0.00603. The Bertz CT molecular complexity index is 502. The van der Waals surface area contributed by atoms with Crippen molar-refractivity contribution in [3.8, 4) is 11.5 Å². The quantitative estimate of drug-likeness (QED) is 0.190. The Hall–Kier alpha value is -2.04. The third-order valence-corrected chi connectivity index (χ3v) is 3.75. The van der Waals surface area contributed by atoms with Crippen molar-refractivity contribution < 1.29 is 14.4 Å². The van der Waals surface area contributed by atoms with E-state index in [1.807, 2.05) is 0 Å². The zero-order valence-corrected chi connectivity index (χ0v) is 14.7. The van der Waals surface area contributed by atoms with Crippen LogP contribution in [0.2, 0.25) is 0 Å². The molecule has 5 heteroatoms. The summed E-state index contributed by atoms with van der Waals surface area (Å²) < 4.78 is 11.2. The Labute approximate surface area is 144 Å². The Morgan fingerprint density at radius 3 is 2.33 bits per heavy atom. The molecule has 0 aliphatic carbocycles. The first kappa shape index (κ1) is 20.0. The van der Waals surface area contributed by atoms with Crippen LogP contribution in [0.25, 0.3) is 0 Å². The molecule has 0 N–H and O–H groups in total. The normalized spacial score (nSPS) is 10.4. The number of hydrogen-bond donors (Lipinski definition) is 0. The lowest BCUT2D eigenvalue weighted by molar-refractivity contribution is -0.385. The first-order valence-electron chi connectivity index (χ1n) is 8.84. The molecule has 24 heavy (non-hydrogen) atoms. The molecule has 0 fully saturated rings. The second kappa shape index (κ2) is 12.4. The zero-order chi connectivity index (χ0) is 17.6. The van der Waals surface area contributed by atoms with Gasteiger partial charge in [-0.3, -0.25) is 10.1 Å². The summed E-state index contributed by atoms with van der Waals surface area (Å²) in [6.45, 7) is 6.69. The summed E-state index contributed by atoms with van der Waals surface area (Å²) in [7, 11) is 0. The van der Waals surface area contributed by atoms with Crippen LogP contribution in [0.3, 0.4) is 0 Å². The highest BCUT2D eigenvalue weighted by Crippen LogP contribution is 2.31. The highest BCUT2D eigenvalue weighted by molar-refractivity contribution is 5.48.